The molecular weight excluding hydrogens is 354 g/mol. The molecule has 0 bridgehead atoms. The lowest BCUT2D eigenvalue weighted by atomic mass is 9.96. The minimum absolute atomic E-state index is 0.102. The molecule has 1 fully saturated rings. The Balaban J connectivity index is 1.84. The van der Waals surface area contributed by atoms with Crippen LogP contribution in [0.25, 0.3) is 11.2 Å². The van der Waals surface area contributed by atoms with Crippen molar-refractivity contribution in [1.29, 1.82) is 0 Å². The largest absolute Gasteiger partial charge is 0.355 e. The maximum atomic E-state index is 4.95. The van der Waals surface area contributed by atoms with E-state index in [2.05, 4.69) is 60.8 Å². The van der Waals surface area contributed by atoms with Crippen molar-refractivity contribution < 1.29 is 0 Å². The fourth-order valence-electron chi connectivity index (χ4n) is 3.55. The van der Waals surface area contributed by atoms with Crippen LogP contribution in [0.2, 0.25) is 0 Å². The lowest BCUT2D eigenvalue weighted by Gasteiger charge is -2.22. The summed E-state index contributed by atoms with van der Waals surface area (Å²) < 4.78 is 2.17. The molecule has 0 saturated carbocycles. The van der Waals surface area contributed by atoms with Crippen molar-refractivity contribution in [1.82, 2.24) is 19.5 Å². The van der Waals surface area contributed by atoms with E-state index in [1.54, 1.807) is 11.8 Å². The van der Waals surface area contributed by atoms with Crippen molar-refractivity contribution in [2.45, 2.75) is 50.5 Å². The maximum Gasteiger partial charge on any atom is 0.166 e. The first-order chi connectivity index (χ1) is 13.0. The Bertz CT molecular complexity index is 951. The molecule has 0 aliphatic carbocycles. The third-order valence-electron chi connectivity index (χ3n) is 5.06. The molecule has 0 amide bonds. The summed E-state index contributed by atoms with van der Waals surface area (Å²) in [4.78, 5) is 18.3. The summed E-state index contributed by atoms with van der Waals surface area (Å²) in [5.41, 5.74) is 3.05. The molecule has 0 N–H and O–H groups in total. The molecule has 3 aromatic rings. The van der Waals surface area contributed by atoms with Gasteiger partial charge in [-0.25, -0.2) is 15.0 Å². The van der Waals surface area contributed by atoms with Crippen molar-refractivity contribution >= 4 is 28.7 Å². The quantitative estimate of drug-likeness (QED) is 0.623. The van der Waals surface area contributed by atoms with Crippen LogP contribution in [0.5, 0.6) is 0 Å². The molecular formula is C21H27N5S. The highest BCUT2D eigenvalue weighted by Gasteiger charge is 2.25. The fraction of sp³-hybridized carbons (Fsp3) is 0.476. The van der Waals surface area contributed by atoms with Crippen molar-refractivity contribution in [3.63, 3.8) is 0 Å². The van der Waals surface area contributed by atoms with Crippen LogP contribution < -0.4 is 4.90 Å². The van der Waals surface area contributed by atoms with E-state index in [4.69, 9.17) is 15.0 Å². The Kier molecular flexibility index (Phi) is 4.84. The summed E-state index contributed by atoms with van der Waals surface area (Å²) in [6, 6.07) is 8.54. The Morgan fingerprint density at radius 3 is 2.52 bits per heavy atom. The highest BCUT2D eigenvalue weighted by atomic mass is 32.2. The molecule has 0 atom stereocenters. The summed E-state index contributed by atoms with van der Waals surface area (Å²) in [6.07, 6.45) is 6.48. The van der Waals surface area contributed by atoms with Crippen LogP contribution in [0, 0.1) is 0 Å². The van der Waals surface area contributed by atoms with Crippen molar-refractivity contribution in [3.8, 4) is 0 Å². The van der Waals surface area contributed by atoms with E-state index in [9.17, 15) is 0 Å². The van der Waals surface area contributed by atoms with Crippen molar-refractivity contribution in [3.05, 3.63) is 42.0 Å². The highest BCUT2D eigenvalue weighted by molar-refractivity contribution is 7.98. The fourth-order valence-corrected chi connectivity index (χ4v) is 4.16. The van der Waals surface area contributed by atoms with Crippen molar-refractivity contribution in [2.75, 3.05) is 24.2 Å². The number of fused-ring (bicyclic) bond motifs is 1. The number of benzene rings is 1. The SMILES string of the molecule is CSc1ccccc1Cn1cnc2c(N3CCCC3)nc(C(C)(C)C)nc21. The van der Waals surface area contributed by atoms with Gasteiger partial charge in [-0.3, -0.25) is 0 Å². The van der Waals surface area contributed by atoms with Crippen molar-refractivity contribution in [2.24, 2.45) is 0 Å². The van der Waals surface area contributed by atoms with Crippen LogP contribution in [-0.4, -0.2) is 38.9 Å². The van der Waals surface area contributed by atoms with Gasteiger partial charge in [0, 0.05) is 23.4 Å². The predicted octanol–water partition coefficient (Wildman–Crippen LogP) is 4.49. The molecule has 5 nitrogen and oxygen atoms in total. The summed E-state index contributed by atoms with van der Waals surface area (Å²) in [5, 5.41) is 0. The second-order valence-electron chi connectivity index (χ2n) is 8.17. The molecule has 0 unspecified atom stereocenters. The van der Waals surface area contributed by atoms with Gasteiger partial charge in [0.1, 0.15) is 5.82 Å². The summed E-state index contributed by atoms with van der Waals surface area (Å²) in [6.45, 7) is 9.40. The molecule has 0 radical (unpaired) electrons. The molecule has 2 aromatic heterocycles. The third-order valence-corrected chi connectivity index (χ3v) is 5.89. The molecule has 1 aliphatic heterocycles. The van der Waals surface area contributed by atoms with Gasteiger partial charge in [0.25, 0.3) is 0 Å². The first-order valence-corrected chi connectivity index (χ1v) is 10.8. The predicted molar refractivity (Wildman–Crippen MR) is 113 cm³/mol. The Labute approximate surface area is 165 Å². The van der Waals surface area contributed by atoms with E-state index < -0.39 is 0 Å². The lowest BCUT2D eigenvalue weighted by Crippen LogP contribution is -2.23. The van der Waals surface area contributed by atoms with Gasteiger partial charge in [-0.15, -0.1) is 11.8 Å². The molecule has 142 valence electrons. The molecule has 1 aliphatic rings. The van der Waals surface area contributed by atoms with Crippen LogP contribution in [0.1, 0.15) is 45.0 Å². The van der Waals surface area contributed by atoms with Gasteiger partial charge in [0.15, 0.2) is 17.0 Å². The van der Waals surface area contributed by atoms with Crippen LogP contribution in [-0.2, 0) is 12.0 Å². The van der Waals surface area contributed by atoms with Gasteiger partial charge in [-0.05, 0) is 30.7 Å². The van der Waals surface area contributed by atoms with E-state index in [0.29, 0.717) is 0 Å². The first-order valence-electron chi connectivity index (χ1n) is 9.57. The average molecular weight is 382 g/mol. The summed E-state index contributed by atoms with van der Waals surface area (Å²) in [7, 11) is 0. The van der Waals surface area contributed by atoms with Crippen LogP contribution in [0.15, 0.2) is 35.5 Å². The number of nitrogens with zero attached hydrogens (tertiary/aromatic N) is 5. The third kappa shape index (κ3) is 3.55. The first kappa shape index (κ1) is 18.3. The molecule has 27 heavy (non-hydrogen) atoms. The molecule has 1 aromatic carbocycles. The smallest absolute Gasteiger partial charge is 0.166 e. The number of imidazole rings is 1. The van der Waals surface area contributed by atoms with Crippen LogP contribution in [0.4, 0.5) is 5.82 Å². The lowest BCUT2D eigenvalue weighted by molar-refractivity contribution is 0.546. The van der Waals surface area contributed by atoms with Gasteiger partial charge in [0.2, 0.25) is 0 Å². The molecule has 1 saturated heterocycles. The molecule has 3 heterocycles. The van der Waals surface area contributed by atoms with Gasteiger partial charge in [-0.1, -0.05) is 39.0 Å². The topological polar surface area (TPSA) is 46.8 Å². The standard InChI is InChI=1S/C21H27N5S/c1-21(2,3)20-23-18(25-11-7-8-12-25)17-19(24-20)26(14-22-17)13-15-9-5-6-10-16(15)27-4/h5-6,9-10,14H,7-8,11-13H2,1-4H3. The zero-order chi connectivity index (χ0) is 19.0. The maximum absolute atomic E-state index is 4.95. The molecule has 6 heteroatoms. The van der Waals surface area contributed by atoms with E-state index >= 15 is 0 Å². The van der Waals surface area contributed by atoms with E-state index in [-0.39, 0.29) is 5.41 Å². The second kappa shape index (κ2) is 7.15. The minimum atomic E-state index is -0.102. The Hall–Kier alpha value is -2.08. The van der Waals surface area contributed by atoms with Gasteiger partial charge in [-0.2, -0.15) is 0 Å². The zero-order valence-electron chi connectivity index (χ0n) is 16.6. The number of hydrogen-bond donors (Lipinski definition) is 0. The average Bonchev–Trinajstić information content (AvgIpc) is 3.31. The molecule has 0 spiro atoms. The number of aromatic nitrogens is 4. The second-order valence-corrected chi connectivity index (χ2v) is 9.02. The summed E-state index contributed by atoms with van der Waals surface area (Å²) in [5.74, 6) is 1.89. The highest BCUT2D eigenvalue weighted by Crippen LogP contribution is 2.30. The number of anilines is 1. The van der Waals surface area contributed by atoms with Gasteiger partial charge < -0.3 is 9.47 Å². The van der Waals surface area contributed by atoms with E-state index in [1.165, 1.54) is 23.3 Å². The monoisotopic (exact) mass is 381 g/mol. The Morgan fingerprint density at radius 1 is 1.07 bits per heavy atom. The molecule has 4 rings (SSSR count). The number of hydrogen-bond acceptors (Lipinski definition) is 5. The number of thioether (sulfide) groups is 1. The number of rotatable bonds is 4. The van der Waals surface area contributed by atoms with E-state index in [0.717, 1.165) is 42.4 Å². The zero-order valence-corrected chi connectivity index (χ0v) is 17.4. The van der Waals surface area contributed by atoms with Gasteiger partial charge in [0.05, 0.1) is 12.9 Å². The van der Waals surface area contributed by atoms with Crippen LogP contribution in [0.3, 0.4) is 0 Å². The van der Waals surface area contributed by atoms with Crippen LogP contribution >= 0.6 is 11.8 Å². The Morgan fingerprint density at radius 2 is 1.81 bits per heavy atom. The minimum Gasteiger partial charge on any atom is -0.355 e. The normalized spacial score (nSPS) is 15.0. The van der Waals surface area contributed by atoms with E-state index in [1.807, 2.05) is 6.33 Å². The summed E-state index contributed by atoms with van der Waals surface area (Å²) >= 11 is 1.78. The van der Waals surface area contributed by atoms with Gasteiger partial charge >= 0.3 is 0 Å².